The molecule has 3 amide bonds. The number of nitriles is 1. The lowest BCUT2D eigenvalue weighted by atomic mass is 9.92. The fourth-order valence-electron chi connectivity index (χ4n) is 4.07. The zero-order valence-corrected chi connectivity index (χ0v) is 23.4. The minimum absolute atomic E-state index is 0.348. The van der Waals surface area contributed by atoms with Gasteiger partial charge < -0.3 is 25.0 Å². The van der Waals surface area contributed by atoms with Crippen LogP contribution >= 0.6 is 0 Å². The number of carbonyl (C=O) groups is 3. The van der Waals surface area contributed by atoms with Crippen LogP contribution in [0.2, 0.25) is 0 Å². The molecular formula is C29H38N4O5. The van der Waals surface area contributed by atoms with Crippen molar-refractivity contribution in [2.75, 3.05) is 19.0 Å². The number of ether oxygens (including phenoxy) is 2. The highest BCUT2D eigenvalue weighted by atomic mass is 16.6. The molecular weight excluding hydrogens is 484 g/mol. The molecule has 0 saturated carbocycles. The van der Waals surface area contributed by atoms with Crippen LogP contribution in [0.4, 0.5) is 10.5 Å². The summed E-state index contributed by atoms with van der Waals surface area (Å²) in [6.07, 6.45) is -0.757. The quantitative estimate of drug-likeness (QED) is 0.452. The summed E-state index contributed by atoms with van der Waals surface area (Å²) in [5.41, 5.74) is 1.93. The topological polar surface area (TPSA) is 121 Å². The van der Waals surface area contributed by atoms with Gasteiger partial charge in [0.25, 0.3) is 5.91 Å². The summed E-state index contributed by atoms with van der Waals surface area (Å²) in [6.45, 7) is 12.1. The van der Waals surface area contributed by atoms with Crippen LogP contribution in [0.5, 0.6) is 5.75 Å². The Labute approximate surface area is 225 Å². The SMILES string of the molecule is COc1ccc(NC(=O)C(c2c(C)cccc2C)N(CC#N)C(=O)C(NC(=O)OC(C)(C)C)C(C)C)cc1. The van der Waals surface area contributed by atoms with E-state index in [4.69, 9.17) is 9.47 Å². The van der Waals surface area contributed by atoms with E-state index >= 15 is 0 Å². The van der Waals surface area contributed by atoms with E-state index in [1.807, 2.05) is 38.1 Å². The van der Waals surface area contributed by atoms with Crippen LogP contribution in [0.15, 0.2) is 42.5 Å². The van der Waals surface area contributed by atoms with E-state index in [-0.39, 0.29) is 12.5 Å². The smallest absolute Gasteiger partial charge is 0.408 e. The number of anilines is 1. The van der Waals surface area contributed by atoms with Gasteiger partial charge in [-0.2, -0.15) is 5.26 Å². The number of aryl methyl sites for hydroxylation is 2. The second-order valence-electron chi connectivity index (χ2n) is 10.4. The van der Waals surface area contributed by atoms with Crippen LogP contribution in [0.3, 0.4) is 0 Å². The highest BCUT2D eigenvalue weighted by Gasteiger charge is 2.38. The normalized spacial score (nSPS) is 12.6. The first-order chi connectivity index (χ1) is 17.8. The summed E-state index contributed by atoms with van der Waals surface area (Å²) in [6, 6.07) is 12.2. The molecule has 9 heteroatoms. The van der Waals surface area contributed by atoms with Gasteiger partial charge in [0, 0.05) is 5.69 Å². The van der Waals surface area contributed by atoms with Crippen molar-refractivity contribution in [2.45, 2.75) is 66.2 Å². The molecule has 2 unspecified atom stereocenters. The van der Waals surface area contributed by atoms with Crippen molar-refractivity contribution in [3.63, 3.8) is 0 Å². The highest BCUT2D eigenvalue weighted by molar-refractivity contribution is 5.99. The number of alkyl carbamates (subject to hydrolysis) is 1. The zero-order valence-electron chi connectivity index (χ0n) is 23.4. The summed E-state index contributed by atoms with van der Waals surface area (Å²) in [5.74, 6) is -0.774. The number of nitrogens with zero attached hydrogens (tertiary/aromatic N) is 2. The largest absolute Gasteiger partial charge is 0.497 e. The van der Waals surface area contributed by atoms with Gasteiger partial charge in [-0.15, -0.1) is 0 Å². The van der Waals surface area contributed by atoms with Gasteiger partial charge in [0.2, 0.25) is 5.91 Å². The molecule has 0 radical (unpaired) electrons. The number of amides is 3. The fourth-order valence-corrected chi connectivity index (χ4v) is 4.07. The summed E-state index contributed by atoms with van der Waals surface area (Å²) in [5, 5.41) is 15.2. The van der Waals surface area contributed by atoms with E-state index in [0.29, 0.717) is 17.0 Å². The third-order valence-corrected chi connectivity index (χ3v) is 5.86. The number of hydrogen-bond donors (Lipinski definition) is 2. The molecule has 0 aliphatic rings. The molecule has 0 bridgehead atoms. The Morgan fingerprint density at radius 1 is 1.03 bits per heavy atom. The Bertz CT molecular complexity index is 1160. The zero-order chi connectivity index (χ0) is 28.6. The lowest BCUT2D eigenvalue weighted by Crippen LogP contribution is -2.54. The number of hydrogen-bond acceptors (Lipinski definition) is 6. The number of methoxy groups -OCH3 is 1. The molecule has 0 fully saturated rings. The van der Waals surface area contributed by atoms with Crippen LogP contribution in [0, 0.1) is 31.1 Å². The van der Waals surface area contributed by atoms with Crippen molar-refractivity contribution in [1.82, 2.24) is 10.2 Å². The van der Waals surface area contributed by atoms with Gasteiger partial charge >= 0.3 is 6.09 Å². The van der Waals surface area contributed by atoms with Crippen LogP contribution < -0.4 is 15.4 Å². The van der Waals surface area contributed by atoms with Crippen molar-refractivity contribution in [3.05, 3.63) is 59.2 Å². The highest BCUT2D eigenvalue weighted by Crippen LogP contribution is 2.30. The van der Waals surface area contributed by atoms with Gasteiger partial charge in [-0.3, -0.25) is 9.59 Å². The minimum Gasteiger partial charge on any atom is -0.497 e. The predicted molar refractivity (Wildman–Crippen MR) is 146 cm³/mol. The third-order valence-electron chi connectivity index (χ3n) is 5.86. The van der Waals surface area contributed by atoms with Crippen molar-refractivity contribution in [3.8, 4) is 11.8 Å². The van der Waals surface area contributed by atoms with Crippen molar-refractivity contribution >= 4 is 23.6 Å². The fraction of sp³-hybridized carbons (Fsp3) is 0.448. The van der Waals surface area contributed by atoms with Gasteiger partial charge in [0.05, 0.1) is 13.2 Å². The van der Waals surface area contributed by atoms with Gasteiger partial charge in [-0.1, -0.05) is 32.0 Å². The van der Waals surface area contributed by atoms with E-state index in [9.17, 15) is 19.6 Å². The molecule has 9 nitrogen and oxygen atoms in total. The molecule has 2 atom stereocenters. The maximum absolute atomic E-state index is 14.0. The second kappa shape index (κ2) is 13.0. The van der Waals surface area contributed by atoms with Crippen molar-refractivity contribution < 1.29 is 23.9 Å². The Kier molecular flexibility index (Phi) is 10.3. The summed E-state index contributed by atoms with van der Waals surface area (Å²) in [7, 11) is 1.55. The molecule has 0 saturated heterocycles. The van der Waals surface area contributed by atoms with Gasteiger partial charge in [0.15, 0.2) is 0 Å². The number of benzene rings is 2. The van der Waals surface area contributed by atoms with Gasteiger partial charge in [-0.25, -0.2) is 4.79 Å². The van der Waals surface area contributed by atoms with E-state index < -0.39 is 35.6 Å². The lowest BCUT2D eigenvalue weighted by molar-refractivity contribution is -0.141. The number of nitrogens with one attached hydrogen (secondary N) is 2. The van der Waals surface area contributed by atoms with E-state index in [1.54, 1.807) is 66.0 Å². The Hall–Kier alpha value is -4.06. The maximum Gasteiger partial charge on any atom is 0.408 e. The van der Waals surface area contributed by atoms with Crippen molar-refractivity contribution in [1.29, 1.82) is 5.26 Å². The molecule has 0 aromatic heterocycles. The summed E-state index contributed by atoms with van der Waals surface area (Å²) in [4.78, 5) is 41.6. The second-order valence-corrected chi connectivity index (χ2v) is 10.4. The summed E-state index contributed by atoms with van der Waals surface area (Å²) >= 11 is 0. The standard InChI is InChI=1S/C29H38N4O5/c1-18(2)24(32-28(36)38-29(5,6)7)27(35)33(17-16-30)25(23-19(3)10-9-11-20(23)4)26(34)31-21-12-14-22(37-8)15-13-21/h9-15,18,24-25H,17H2,1-8H3,(H,31,34)(H,32,36). The van der Waals surface area contributed by atoms with E-state index in [1.165, 1.54) is 4.90 Å². The van der Waals surface area contributed by atoms with Crippen LogP contribution in [-0.2, 0) is 14.3 Å². The van der Waals surface area contributed by atoms with Crippen LogP contribution in [0.1, 0.15) is 57.4 Å². The Morgan fingerprint density at radius 2 is 1.61 bits per heavy atom. The lowest BCUT2D eigenvalue weighted by Gasteiger charge is -2.35. The molecule has 0 aliphatic carbocycles. The van der Waals surface area contributed by atoms with Gasteiger partial charge in [0.1, 0.15) is 30.0 Å². The molecule has 2 aromatic carbocycles. The Balaban J connectivity index is 2.55. The predicted octanol–water partition coefficient (Wildman–Crippen LogP) is 4.89. The molecule has 0 spiro atoms. The first-order valence-corrected chi connectivity index (χ1v) is 12.5. The molecule has 38 heavy (non-hydrogen) atoms. The molecule has 2 aromatic rings. The molecule has 204 valence electrons. The van der Waals surface area contributed by atoms with Crippen LogP contribution in [0.25, 0.3) is 0 Å². The Morgan fingerprint density at radius 3 is 2.08 bits per heavy atom. The van der Waals surface area contributed by atoms with Gasteiger partial charge in [-0.05, 0) is 81.5 Å². The molecule has 0 aliphatic heterocycles. The van der Waals surface area contributed by atoms with Crippen LogP contribution in [-0.4, -0.2) is 48.1 Å². The molecule has 2 N–H and O–H groups in total. The van der Waals surface area contributed by atoms with E-state index in [2.05, 4.69) is 10.6 Å². The average Bonchev–Trinajstić information content (AvgIpc) is 2.82. The molecule has 2 rings (SSSR count). The first kappa shape index (κ1) is 30.2. The van der Waals surface area contributed by atoms with Crippen molar-refractivity contribution in [2.24, 2.45) is 5.92 Å². The minimum atomic E-state index is -1.13. The number of rotatable bonds is 9. The first-order valence-electron chi connectivity index (χ1n) is 12.5. The maximum atomic E-state index is 14.0. The average molecular weight is 523 g/mol. The monoisotopic (exact) mass is 522 g/mol. The summed E-state index contributed by atoms with van der Waals surface area (Å²) < 4.78 is 10.5. The molecule has 0 heterocycles. The van der Waals surface area contributed by atoms with E-state index in [0.717, 1.165) is 11.1 Å². The third kappa shape index (κ3) is 7.97. The number of carbonyl (C=O) groups excluding carboxylic acids is 3.